The van der Waals surface area contributed by atoms with E-state index in [9.17, 15) is 4.79 Å². The van der Waals surface area contributed by atoms with Gasteiger partial charge in [0.25, 0.3) is 0 Å². The standard InChI is InChI=1S/C13H17NO2S/c1-10-6-12(8-14-7-10)13(15)16-9-11-2-4-17-5-3-11/h6-8,11H,2-5,9H2,1H3. The highest BCUT2D eigenvalue weighted by Crippen LogP contribution is 2.23. The van der Waals surface area contributed by atoms with Crippen LogP contribution in [0.4, 0.5) is 0 Å². The third-order valence-electron chi connectivity index (χ3n) is 2.90. The van der Waals surface area contributed by atoms with Crippen molar-refractivity contribution in [2.75, 3.05) is 18.1 Å². The molecule has 0 spiro atoms. The number of thioether (sulfide) groups is 1. The molecule has 17 heavy (non-hydrogen) atoms. The molecule has 2 rings (SSSR count). The second-order valence-corrected chi connectivity index (χ2v) is 5.63. The number of carbonyl (C=O) groups is 1. The number of hydrogen-bond donors (Lipinski definition) is 0. The molecule has 3 nitrogen and oxygen atoms in total. The summed E-state index contributed by atoms with van der Waals surface area (Å²) < 4.78 is 5.33. The second kappa shape index (κ2) is 6.05. The lowest BCUT2D eigenvalue weighted by molar-refractivity contribution is 0.0432. The van der Waals surface area contributed by atoms with E-state index in [2.05, 4.69) is 4.98 Å². The molecule has 1 aromatic heterocycles. The largest absolute Gasteiger partial charge is 0.462 e. The van der Waals surface area contributed by atoms with Crippen LogP contribution in [0.25, 0.3) is 0 Å². The van der Waals surface area contributed by atoms with Crippen molar-refractivity contribution in [3.8, 4) is 0 Å². The fraction of sp³-hybridized carbons (Fsp3) is 0.538. The van der Waals surface area contributed by atoms with Gasteiger partial charge in [0.1, 0.15) is 0 Å². The molecule has 0 radical (unpaired) electrons. The number of hydrogen-bond acceptors (Lipinski definition) is 4. The number of aromatic nitrogens is 1. The van der Waals surface area contributed by atoms with Crippen molar-refractivity contribution < 1.29 is 9.53 Å². The van der Waals surface area contributed by atoms with Crippen molar-refractivity contribution in [2.24, 2.45) is 5.92 Å². The first-order valence-electron chi connectivity index (χ1n) is 5.92. The zero-order valence-electron chi connectivity index (χ0n) is 10.0. The van der Waals surface area contributed by atoms with Gasteiger partial charge in [0.05, 0.1) is 12.2 Å². The van der Waals surface area contributed by atoms with Crippen molar-refractivity contribution >= 4 is 17.7 Å². The second-order valence-electron chi connectivity index (χ2n) is 4.41. The molecule has 0 N–H and O–H groups in total. The van der Waals surface area contributed by atoms with E-state index in [1.54, 1.807) is 12.4 Å². The minimum atomic E-state index is -0.251. The zero-order chi connectivity index (χ0) is 12.1. The Morgan fingerprint density at radius 1 is 1.47 bits per heavy atom. The molecule has 2 heterocycles. The van der Waals surface area contributed by atoms with Crippen molar-refractivity contribution in [1.82, 2.24) is 4.98 Å². The van der Waals surface area contributed by atoms with Gasteiger partial charge in [-0.3, -0.25) is 4.98 Å². The van der Waals surface area contributed by atoms with Crippen molar-refractivity contribution in [2.45, 2.75) is 19.8 Å². The molecule has 0 bridgehead atoms. The molecule has 0 aromatic carbocycles. The normalized spacial score (nSPS) is 16.8. The third kappa shape index (κ3) is 3.73. The SMILES string of the molecule is Cc1cncc(C(=O)OCC2CCSCC2)c1. The summed E-state index contributed by atoms with van der Waals surface area (Å²) in [5.41, 5.74) is 1.53. The summed E-state index contributed by atoms with van der Waals surface area (Å²) in [7, 11) is 0. The summed E-state index contributed by atoms with van der Waals surface area (Å²) in [4.78, 5) is 15.8. The first kappa shape index (κ1) is 12.4. The van der Waals surface area contributed by atoms with E-state index < -0.39 is 0 Å². The van der Waals surface area contributed by atoms with E-state index >= 15 is 0 Å². The van der Waals surface area contributed by atoms with Crippen molar-refractivity contribution in [3.05, 3.63) is 29.6 Å². The number of carbonyl (C=O) groups excluding carboxylic acids is 1. The lowest BCUT2D eigenvalue weighted by Crippen LogP contribution is -2.18. The predicted octanol–water partition coefficient (Wildman–Crippen LogP) is 2.69. The van der Waals surface area contributed by atoms with E-state index in [1.165, 1.54) is 11.5 Å². The summed E-state index contributed by atoms with van der Waals surface area (Å²) in [6.07, 6.45) is 5.61. The maximum Gasteiger partial charge on any atom is 0.339 e. The van der Waals surface area contributed by atoms with Crippen LogP contribution >= 0.6 is 11.8 Å². The summed E-state index contributed by atoms with van der Waals surface area (Å²) in [6.45, 7) is 2.47. The van der Waals surface area contributed by atoms with Crippen LogP contribution in [0.15, 0.2) is 18.5 Å². The lowest BCUT2D eigenvalue weighted by Gasteiger charge is -2.20. The number of esters is 1. The van der Waals surface area contributed by atoms with Crippen molar-refractivity contribution in [3.63, 3.8) is 0 Å². The first-order valence-corrected chi connectivity index (χ1v) is 7.07. The molecular formula is C13H17NO2S. The van der Waals surface area contributed by atoms with E-state index in [0.29, 0.717) is 18.1 Å². The molecule has 1 aliphatic heterocycles. The Morgan fingerprint density at radius 2 is 2.24 bits per heavy atom. The highest BCUT2D eigenvalue weighted by molar-refractivity contribution is 7.99. The molecule has 1 aromatic rings. The number of rotatable bonds is 3. The molecule has 0 saturated carbocycles. The Labute approximate surface area is 106 Å². The molecule has 0 aliphatic carbocycles. The first-order chi connectivity index (χ1) is 8.25. The number of pyridine rings is 1. The average molecular weight is 251 g/mol. The van der Waals surface area contributed by atoms with Crippen LogP contribution < -0.4 is 0 Å². The minimum absolute atomic E-state index is 0.251. The molecule has 92 valence electrons. The van der Waals surface area contributed by atoms with Gasteiger partial charge in [-0.05, 0) is 48.8 Å². The highest BCUT2D eigenvalue weighted by Gasteiger charge is 2.16. The van der Waals surface area contributed by atoms with Gasteiger partial charge in [-0.1, -0.05) is 0 Å². The lowest BCUT2D eigenvalue weighted by atomic mass is 10.0. The van der Waals surface area contributed by atoms with Gasteiger partial charge < -0.3 is 4.74 Å². The van der Waals surface area contributed by atoms with Crippen LogP contribution in [-0.4, -0.2) is 29.1 Å². The molecule has 4 heteroatoms. The molecule has 0 atom stereocenters. The maximum atomic E-state index is 11.8. The van der Waals surface area contributed by atoms with E-state index in [4.69, 9.17) is 4.74 Å². The van der Waals surface area contributed by atoms with E-state index in [0.717, 1.165) is 18.4 Å². The number of ether oxygens (including phenoxy) is 1. The average Bonchev–Trinajstić information content (AvgIpc) is 2.37. The number of nitrogens with zero attached hydrogens (tertiary/aromatic N) is 1. The summed E-state index contributed by atoms with van der Waals surface area (Å²) in [5, 5.41) is 0. The predicted molar refractivity (Wildman–Crippen MR) is 69.3 cm³/mol. The fourth-order valence-corrected chi connectivity index (χ4v) is 3.06. The Bertz CT molecular complexity index is 389. The monoisotopic (exact) mass is 251 g/mol. The van der Waals surface area contributed by atoms with Crippen LogP contribution in [-0.2, 0) is 4.74 Å². The van der Waals surface area contributed by atoms with Crippen LogP contribution in [0.2, 0.25) is 0 Å². The van der Waals surface area contributed by atoms with Gasteiger partial charge in [0.15, 0.2) is 0 Å². The summed E-state index contributed by atoms with van der Waals surface area (Å²) in [5.74, 6) is 2.67. The Morgan fingerprint density at radius 3 is 2.94 bits per heavy atom. The maximum absolute atomic E-state index is 11.8. The van der Waals surface area contributed by atoms with Gasteiger partial charge in [-0.15, -0.1) is 0 Å². The molecule has 1 fully saturated rings. The van der Waals surface area contributed by atoms with Gasteiger partial charge in [0.2, 0.25) is 0 Å². The minimum Gasteiger partial charge on any atom is -0.462 e. The van der Waals surface area contributed by atoms with Crippen LogP contribution in [0.5, 0.6) is 0 Å². The van der Waals surface area contributed by atoms with E-state index in [-0.39, 0.29) is 5.97 Å². The molecule has 0 unspecified atom stereocenters. The topological polar surface area (TPSA) is 39.2 Å². The molecule has 1 aliphatic rings. The summed E-state index contributed by atoms with van der Waals surface area (Å²) >= 11 is 1.98. The molecule has 0 amide bonds. The summed E-state index contributed by atoms with van der Waals surface area (Å²) in [6, 6.07) is 1.81. The smallest absolute Gasteiger partial charge is 0.339 e. The van der Waals surface area contributed by atoms with Crippen LogP contribution in [0, 0.1) is 12.8 Å². The Kier molecular flexibility index (Phi) is 4.42. The fourth-order valence-electron chi connectivity index (χ4n) is 1.86. The van der Waals surface area contributed by atoms with Gasteiger partial charge in [-0.25, -0.2) is 4.79 Å². The van der Waals surface area contributed by atoms with Gasteiger partial charge >= 0.3 is 5.97 Å². The van der Waals surface area contributed by atoms with E-state index in [1.807, 2.05) is 24.8 Å². The molecular weight excluding hydrogens is 234 g/mol. The molecule has 1 saturated heterocycles. The Hall–Kier alpha value is -1.03. The number of aryl methyl sites for hydroxylation is 1. The van der Waals surface area contributed by atoms with Gasteiger partial charge in [0, 0.05) is 12.4 Å². The van der Waals surface area contributed by atoms with Crippen LogP contribution in [0.1, 0.15) is 28.8 Å². The van der Waals surface area contributed by atoms with Crippen LogP contribution in [0.3, 0.4) is 0 Å². The van der Waals surface area contributed by atoms with Gasteiger partial charge in [-0.2, -0.15) is 11.8 Å². The third-order valence-corrected chi connectivity index (χ3v) is 3.95. The Balaban J connectivity index is 1.84. The quantitative estimate of drug-likeness (QED) is 0.774. The van der Waals surface area contributed by atoms with Crippen molar-refractivity contribution in [1.29, 1.82) is 0 Å². The zero-order valence-corrected chi connectivity index (χ0v) is 10.8. The highest BCUT2D eigenvalue weighted by atomic mass is 32.2.